The van der Waals surface area contributed by atoms with Gasteiger partial charge in [-0.3, -0.25) is 4.79 Å². The van der Waals surface area contributed by atoms with Crippen molar-refractivity contribution in [1.82, 2.24) is 10.6 Å². The Balaban J connectivity index is 1.91. The Morgan fingerprint density at radius 3 is 2.75 bits per heavy atom. The molecule has 1 aromatic carbocycles. The Labute approximate surface area is 122 Å². The Bertz CT molecular complexity index is 441. The topological polar surface area (TPSA) is 41.1 Å². The number of carbonyl (C=O) groups excluding carboxylic acids is 1. The summed E-state index contributed by atoms with van der Waals surface area (Å²) in [5, 5.41) is 6.47. The minimum absolute atomic E-state index is 0.0263. The number of amides is 1. The highest BCUT2D eigenvalue weighted by molar-refractivity contribution is 5.82. The van der Waals surface area contributed by atoms with E-state index in [9.17, 15) is 4.79 Å². The Morgan fingerprint density at radius 1 is 1.40 bits per heavy atom. The number of nitrogens with one attached hydrogen (secondary N) is 2. The zero-order valence-electron chi connectivity index (χ0n) is 12.8. The first kappa shape index (κ1) is 15.0. The fourth-order valence-electron chi connectivity index (χ4n) is 2.82. The summed E-state index contributed by atoms with van der Waals surface area (Å²) in [5.41, 5.74) is 2.40. The maximum atomic E-state index is 12.3. The van der Waals surface area contributed by atoms with Crippen molar-refractivity contribution in [3.05, 3.63) is 35.4 Å². The number of piperidine rings is 1. The first-order chi connectivity index (χ1) is 9.60. The molecular formula is C17H26N2O. The van der Waals surface area contributed by atoms with Gasteiger partial charge in [-0.2, -0.15) is 0 Å². The molecule has 1 aromatic rings. The molecule has 1 aliphatic heterocycles. The summed E-state index contributed by atoms with van der Waals surface area (Å²) in [7, 11) is 0. The monoisotopic (exact) mass is 274 g/mol. The molecule has 20 heavy (non-hydrogen) atoms. The molecule has 1 aliphatic rings. The fourth-order valence-corrected chi connectivity index (χ4v) is 2.82. The Kier molecular flexibility index (Phi) is 5.18. The molecule has 0 saturated carbocycles. The molecule has 0 spiro atoms. The van der Waals surface area contributed by atoms with Crippen LogP contribution in [-0.4, -0.2) is 18.5 Å². The minimum Gasteiger partial charge on any atom is -0.348 e. The van der Waals surface area contributed by atoms with Crippen molar-refractivity contribution in [3.63, 3.8) is 0 Å². The molecule has 1 fully saturated rings. The fraction of sp³-hybridized carbons (Fsp3) is 0.588. The zero-order chi connectivity index (χ0) is 14.5. The third kappa shape index (κ3) is 3.83. The van der Waals surface area contributed by atoms with E-state index in [2.05, 4.69) is 48.7 Å². The van der Waals surface area contributed by atoms with Crippen LogP contribution in [-0.2, 0) is 4.79 Å². The second kappa shape index (κ2) is 6.89. The molecule has 2 unspecified atom stereocenters. The van der Waals surface area contributed by atoms with Crippen LogP contribution in [0.1, 0.15) is 50.3 Å². The number of rotatable bonds is 4. The lowest BCUT2D eigenvalue weighted by molar-refractivity contribution is -0.124. The Hall–Kier alpha value is -1.35. The summed E-state index contributed by atoms with van der Waals surface area (Å²) >= 11 is 0. The summed E-state index contributed by atoms with van der Waals surface area (Å²) in [4.78, 5) is 12.3. The summed E-state index contributed by atoms with van der Waals surface area (Å²) in [6.45, 7) is 7.28. The summed E-state index contributed by atoms with van der Waals surface area (Å²) in [6.07, 6.45) is 3.32. The zero-order valence-corrected chi connectivity index (χ0v) is 12.8. The van der Waals surface area contributed by atoms with Crippen LogP contribution < -0.4 is 10.6 Å². The van der Waals surface area contributed by atoms with Crippen molar-refractivity contribution in [3.8, 4) is 0 Å². The molecule has 2 N–H and O–H groups in total. The van der Waals surface area contributed by atoms with Crippen LogP contribution in [0.15, 0.2) is 24.3 Å². The number of hydrogen-bond donors (Lipinski definition) is 2. The molecule has 1 saturated heterocycles. The van der Waals surface area contributed by atoms with E-state index in [1.165, 1.54) is 18.4 Å². The van der Waals surface area contributed by atoms with Crippen LogP contribution in [0, 0.1) is 12.8 Å². The second-order valence-corrected chi connectivity index (χ2v) is 5.95. The van der Waals surface area contributed by atoms with Crippen LogP contribution in [0.4, 0.5) is 0 Å². The van der Waals surface area contributed by atoms with Crippen molar-refractivity contribution in [2.45, 2.75) is 52.1 Å². The molecule has 3 atom stereocenters. The molecule has 110 valence electrons. The minimum atomic E-state index is -0.0263. The van der Waals surface area contributed by atoms with E-state index in [0.29, 0.717) is 5.92 Å². The maximum absolute atomic E-state index is 12.3. The molecule has 0 radical (unpaired) electrons. The van der Waals surface area contributed by atoms with Crippen molar-refractivity contribution < 1.29 is 4.79 Å². The molecule has 3 nitrogen and oxygen atoms in total. The third-order valence-electron chi connectivity index (χ3n) is 4.34. The van der Waals surface area contributed by atoms with Gasteiger partial charge in [-0.1, -0.05) is 43.2 Å². The SMILES string of the molecule is CCC1CCNC(C(=O)N[C@@H](C)c2ccc(C)cc2)C1. The molecule has 2 rings (SSSR count). The Morgan fingerprint density at radius 2 is 2.10 bits per heavy atom. The van der Waals surface area contributed by atoms with Gasteiger partial charge in [0, 0.05) is 0 Å². The largest absolute Gasteiger partial charge is 0.348 e. The molecule has 0 aromatic heterocycles. The van der Waals surface area contributed by atoms with Crippen molar-refractivity contribution in [2.24, 2.45) is 5.92 Å². The van der Waals surface area contributed by atoms with Gasteiger partial charge in [0.1, 0.15) is 0 Å². The molecule has 1 heterocycles. The van der Waals surface area contributed by atoms with Gasteiger partial charge in [0.2, 0.25) is 5.91 Å². The van der Waals surface area contributed by atoms with Crippen molar-refractivity contribution in [2.75, 3.05) is 6.54 Å². The standard InChI is InChI=1S/C17H26N2O/c1-4-14-9-10-18-16(11-14)17(20)19-13(3)15-7-5-12(2)6-8-15/h5-8,13-14,16,18H,4,9-11H2,1-3H3,(H,19,20)/t13-,14?,16?/m0/s1. The van der Waals surface area contributed by atoms with E-state index < -0.39 is 0 Å². The van der Waals surface area contributed by atoms with Crippen LogP contribution in [0.3, 0.4) is 0 Å². The third-order valence-corrected chi connectivity index (χ3v) is 4.34. The average Bonchev–Trinajstić information content (AvgIpc) is 2.47. The summed E-state index contributed by atoms with van der Waals surface area (Å²) < 4.78 is 0. The number of carbonyl (C=O) groups is 1. The van der Waals surface area contributed by atoms with Gasteiger partial charge < -0.3 is 10.6 Å². The highest BCUT2D eigenvalue weighted by Gasteiger charge is 2.26. The highest BCUT2D eigenvalue weighted by atomic mass is 16.2. The van der Waals surface area contributed by atoms with Crippen molar-refractivity contribution >= 4 is 5.91 Å². The number of aryl methyl sites for hydroxylation is 1. The van der Waals surface area contributed by atoms with Crippen LogP contribution >= 0.6 is 0 Å². The molecule has 0 bridgehead atoms. The van der Waals surface area contributed by atoms with E-state index in [0.717, 1.165) is 18.5 Å². The van der Waals surface area contributed by atoms with Crippen LogP contribution in [0.2, 0.25) is 0 Å². The van der Waals surface area contributed by atoms with E-state index in [4.69, 9.17) is 0 Å². The smallest absolute Gasteiger partial charge is 0.237 e. The van der Waals surface area contributed by atoms with E-state index in [1.54, 1.807) is 0 Å². The molecule has 0 aliphatic carbocycles. The van der Waals surface area contributed by atoms with Gasteiger partial charge in [0.25, 0.3) is 0 Å². The van der Waals surface area contributed by atoms with Gasteiger partial charge in [-0.25, -0.2) is 0 Å². The molecular weight excluding hydrogens is 248 g/mol. The van der Waals surface area contributed by atoms with E-state index in [-0.39, 0.29) is 18.0 Å². The van der Waals surface area contributed by atoms with E-state index >= 15 is 0 Å². The number of hydrogen-bond acceptors (Lipinski definition) is 2. The maximum Gasteiger partial charge on any atom is 0.237 e. The second-order valence-electron chi connectivity index (χ2n) is 5.95. The van der Waals surface area contributed by atoms with Gasteiger partial charge in [0.05, 0.1) is 12.1 Å². The summed E-state index contributed by atoms with van der Waals surface area (Å²) in [5.74, 6) is 0.818. The number of benzene rings is 1. The first-order valence-electron chi connectivity index (χ1n) is 7.70. The predicted octanol–water partition coefficient (Wildman–Crippen LogP) is 2.95. The van der Waals surface area contributed by atoms with E-state index in [1.807, 2.05) is 6.92 Å². The lowest BCUT2D eigenvalue weighted by Gasteiger charge is -2.29. The van der Waals surface area contributed by atoms with Crippen molar-refractivity contribution in [1.29, 1.82) is 0 Å². The lowest BCUT2D eigenvalue weighted by atomic mass is 9.90. The highest BCUT2D eigenvalue weighted by Crippen LogP contribution is 2.20. The van der Waals surface area contributed by atoms with Crippen LogP contribution in [0.25, 0.3) is 0 Å². The van der Waals surface area contributed by atoms with Gasteiger partial charge in [-0.15, -0.1) is 0 Å². The van der Waals surface area contributed by atoms with Crippen LogP contribution in [0.5, 0.6) is 0 Å². The predicted molar refractivity (Wildman–Crippen MR) is 82.5 cm³/mol. The average molecular weight is 274 g/mol. The van der Waals surface area contributed by atoms with Gasteiger partial charge in [0.15, 0.2) is 0 Å². The lowest BCUT2D eigenvalue weighted by Crippen LogP contribution is -2.49. The van der Waals surface area contributed by atoms with Gasteiger partial charge >= 0.3 is 0 Å². The first-order valence-corrected chi connectivity index (χ1v) is 7.70. The molecule has 1 amide bonds. The summed E-state index contributed by atoms with van der Waals surface area (Å²) in [6, 6.07) is 8.38. The quantitative estimate of drug-likeness (QED) is 0.886. The van der Waals surface area contributed by atoms with Gasteiger partial charge in [-0.05, 0) is 44.7 Å². The molecule has 3 heteroatoms. The normalized spacial score (nSPS) is 24.1.